The van der Waals surface area contributed by atoms with Crippen LogP contribution in [-0.4, -0.2) is 10.4 Å². The number of carbonyl (C=O) groups is 1. The summed E-state index contributed by atoms with van der Waals surface area (Å²) >= 11 is 0. The summed E-state index contributed by atoms with van der Waals surface area (Å²) in [6, 6.07) is 13.3. The lowest BCUT2D eigenvalue weighted by Gasteiger charge is -2.01. The normalized spacial score (nSPS) is 10.5. The van der Waals surface area contributed by atoms with Gasteiger partial charge in [0.05, 0.1) is 17.1 Å². The standard InChI is InChI=1S/C16H10N2O3/c1-18-13-7-6-12(8-14(13)21-16(18)20)15(19)11-4-2-10(9-17)3-5-11/h2-8H,1H3. The summed E-state index contributed by atoms with van der Waals surface area (Å²) in [6.45, 7) is 0. The average Bonchev–Trinajstić information content (AvgIpc) is 2.81. The number of fused-ring (bicyclic) bond motifs is 1. The first-order chi connectivity index (χ1) is 10.1. The number of carbonyl (C=O) groups excluding carboxylic acids is 1. The summed E-state index contributed by atoms with van der Waals surface area (Å²) in [7, 11) is 1.61. The molecule has 0 atom stereocenters. The number of benzene rings is 2. The molecule has 0 N–H and O–H groups in total. The lowest BCUT2D eigenvalue weighted by molar-refractivity contribution is 0.103. The van der Waals surface area contributed by atoms with Crippen LogP contribution in [0.15, 0.2) is 51.7 Å². The third kappa shape index (κ3) is 2.13. The lowest BCUT2D eigenvalue weighted by Crippen LogP contribution is -2.08. The smallest absolute Gasteiger partial charge is 0.408 e. The molecule has 0 aliphatic carbocycles. The Labute approximate surface area is 119 Å². The van der Waals surface area contributed by atoms with Crippen molar-refractivity contribution in [3.63, 3.8) is 0 Å². The molecule has 0 radical (unpaired) electrons. The van der Waals surface area contributed by atoms with E-state index in [4.69, 9.17) is 9.68 Å². The highest BCUT2D eigenvalue weighted by molar-refractivity contribution is 6.10. The Kier molecular flexibility index (Phi) is 2.92. The van der Waals surface area contributed by atoms with Gasteiger partial charge in [0.15, 0.2) is 11.4 Å². The molecule has 21 heavy (non-hydrogen) atoms. The molecule has 2 aromatic carbocycles. The van der Waals surface area contributed by atoms with Crippen LogP contribution in [0.2, 0.25) is 0 Å². The highest BCUT2D eigenvalue weighted by atomic mass is 16.4. The maximum Gasteiger partial charge on any atom is 0.419 e. The van der Waals surface area contributed by atoms with E-state index in [1.54, 1.807) is 49.5 Å². The number of nitriles is 1. The van der Waals surface area contributed by atoms with Gasteiger partial charge in [-0.25, -0.2) is 4.79 Å². The first kappa shape index (κ1) is 12.9. The third-order valence-electron chi connectivity index (χ3n) is 3.33. The van der Waals surface area contributed by atoms with Crippen molar-refractivity contribution in [1.29, 1.82) is 5.26 Å². The number of ketones is 1. The van der Waals surface area contributed by atoms with E-state index in [0.29, 0.717) is 27.8 Å². The summed E-state index contributed by atoms with van der Waals surface area (Å²) in [6.07, 6.45) is 0. The zero-order valence-corrected chi connectivity index (χ0v) is 11.2. The first-order valence-electron chi connectivity index (χ1n) is 6.24. The zero-order chi connectivity index (χ0) is 15.0. The van der Waals surface area contributed by atoms with Crippen LogP contribution in [0.1, 0.15) is 21.5 Å². The van der Waals surface area contributed by atoms with Crippen molar-refractivity contribution in [1.82, 2.24) is 4.57 Å². The molecule has 0 unspecified atom stereocenters. The number of rotatable bonds is 2. The zero-order valence-electron chi connectivity index (χ0n) is 11.2. The summed E-state index contributed by atoms with van der Waals surface area (Å²) < 4.78 is 6.45. The Morgan fingerprint density at radius 3 is 2.48 bits per heavy atom. The molecule has 1 aromatic heterocycles. The quantitative estimate of drug-likeness (QED) is 0.673. The van der Waals surface area contributed by atoms with Crippen LogP contribution >= 0.6 is 0 Å². The Morgan fingerprint density at radius 2 is 1.81 bits per heavy atom. The van der Waals surface area contributed by atoms with Crippen molar-refractivity contribution in [3.05, 3.63) is 69.7 Å². The van der Waals surface area contributed by atoms with E-state index in [9.17, 15) is 9.59 Å². The van der Waals surface area contributed by atoms with Crippen molar-refractivity contribution >= 4 is 16.9 Å². The Morgan fingerprint density at radius 1 is 1.14 bits per heavy atom. The Bertz CT molecular complexity index is 940. The second-order valence-corrected chi connectivity index (χ2v) is 4.63. The van der Waals surface area contributed by atoms with Gasteiger partial charge in [-0.15, -0.1) is 0 Å². The molecule has 0 fully saturated rings. The number of oxazole rings is 1. The molecule has 0 bridgehead atoms. The fourth-order valence-electron chi connectivity index (χ4n) is 2.14. The fraction of sp³-hybridized carbons (Fsp3) is 0.0625. The Hall–Kier alpha value is -3.13. The number of hydrogen-bond acceptors (Lipinski definition) is 4. The molecule has 3 rings (SSSR count). The number of aryl methyl sites for hydroxylation is 1. The van der Waals surface area contributed by atoms with Crippen molar-refractivity contribution in [3.8, 4) is 6.07 Å². The van der Waals surface area contributed by atoms with Gasteiger partial charge in [-0.2, -0.15) is 5.26 Å². The molecule has 5 heteroatoms. The highest BCUT2D eigenvalue weighted by Gasteiger charge is 2.12. The van der Waals surface area contributed by atoms with Gasteiger partial charge < -0.3 is 4.42 Å². The van der Waals surface area contributed by atoms with Gasteiger partial charge in [-0.05, 0) is 42.5 Å². The predicted octanol–water partition coefficient (Wildman–Crippen LogP) is 2.23. The molecule has 0 saturated heterocycles. The Balaban J connectivity index is 2.05. The molecule has 0 spiro atoms. The van der Waals surface area contributed by atoms with Gasteiger partial charge in [0.25, 0.3) is 0 Å². The summed E-state index contributed by atoms with van der Waals surface area (Å²) in [5.41, 5.74) is 2.42. The molecule has 0 aliphatic heterocycles. The largest absolute Gasteiger partial charge is 0.419 e. The summed E-state index contributed by atoms with van der Waals surface area (Å²) in [4.78, 5) is 23.8. The van der Waals surface area contributed by atoms with E-state index >= 15 is 0 Å². The molecule has 3 aromatic rings. The molecule has 5 nitrogen and oxygen atoms in total. The molecule has 0 amide bonds. The monoisotopic (exact) mass is 278 g/mol. The maximum atomic E-state index is 12.4. The van der Waals surface area contributed by atoms with E-state index in [-0.39, 0.29) is 5.78 Å². The molecular weight excluding hydrogens is 268 g/mol. The predicted molar refractivity (Wildman–Crippen MR) is 76.0 cm³/mol. The topological polar surface area (TPSA) is 76.0 Å². The van der Waals surface area contributed by atoms with E-state index in [2.05, 4.69) is 0 Å². The molecular formula is C16H10N2O3. The second kappa shape index (κ2) is 4.76. The van der Waals surface area contributed by atoms with Gasteiger partial charge in [0.2, 0.25) is 0 Å². The highest BCUT2D eigenvalue weighted by Crippen LogP contribution is 2.17. The van der Waals surface area contributed by atoms with Crippen molar-refractivity contribution < 1.29 is 9.21 Å². The number of aromatic nitrogens is 1. The number of nitrogens with zero attached hydrogens (tertiary/aromatic N) is 2. The molecule has 0 aliphatic rings. The van der Waals surface area contributed by atoms with Crippen LogP contribution in [0.3, 0.4) is 0 Å². The van der Waals surface area contributed by atoms with E-state index in [0.717, 1.165) is 0 Å². The van der Waals surface area contributed by atoms with Crippen LogP contribution in [0.4, 0.5) is 0 Å². The van der Waals surface area contributed by atoms with Crippen LogP contribution in [-0.2, 0) is 7.05 Å². The van der Waals surface area contributed by atoms with Crippen molar-refractivity contribution in [2.24, 2.45) is 7.05 Å². The lowest BCUT2D eigenvalue weighted by atomic mass is 10.0. The molecule has 102 valence electrons. The SMILES string of the molecule is Cn1c(=O)oc2cc(C(=O)c3ccc(C#N)cc3)ccc21. The van der Waals surface area contributed by atoms with E-state index < -0.39 is 5.76 Å². The van der Waals surface area contributed by atoms with Gasteiger partial charge in [0.1, 0.15) is 0 Å². The van der Waals surface area contributed by atoms with Gasteiger partial charge in [-0.3, -0.25) is 9.36 Å². The fourth-order valence-corrected chi connectivity index (χ4v) is 2.14. The minimum Gasteiger partial charge on any atom is -0.408 e. The molecule has 1 heterocycles. The third-order valence-corrected chi connectivity index (χ3v) is 3.33. The first-order valence-corrected chi connectivity index (χ1v) is 6.24. The van der Waals surface area contributed by atoms with Gasteiger partial charge in [0, 0.05) is 18.2 Å². The van der Waals surface area contributed by atoms with Crippen LogP contribution in [0.25, 0.3) is 11.1 Å². The summed E-state index contributed by atoms with van der Waals surface area (Å²) in [5.74, 6) is -0.652. The van der Waals surface area contributed by atoms with Crippen LogP contribution < -0.4 is 5.76 Å². The van der Waals surface area contributed by atoms with E-state index in [1.165, 1.54) is 4.57 Å². The van der Waals surface area contributed by atoms with E-state index in [1.807, 2.05) is 6.07 Å². The van der Waals surface area contributed by atoms with Crippen molar-refractivity contribution in [2.75, 3.05) is 0 Å². The van der Waals surface area contributed by atoms with Gasteiger partial charge >= 0.3 is 5.76 Å². The number of hydrogen-bond donors (Lipinski definition) is 0. The second-order valence-electron chi connectivity index (χ2n) is 4.63. The molecule has 0 saturated carbocycles. The maximum absolute atomic E-state index is 12.4. The summed E-state index contributed by atoms with van der Waals surface area (Å²) in [5, 5.41) is 8.75. The van der Waals surface area contributed by atoms with Gasteiger partial charge in [-0.1, -0.05) is 0 Å². The minimum absolute atomic E-state index is 0.187. The average molecular weight is 278 g/mol. The van der Waals surface area contributed by atoms with Crippen LogP contribution in [0.5, 0.6) is 0 Å². The van der Waals surface area contributed by atoms with Crippen LogP contribution in [0, 0.1) is 11.3 Å². The van der Waals surface area contributed by atoms with Crippen molar-refractivity contribution in [2.45, 2.75) is 0 Å². The minimum atomic E-state index is -0.465.